The van der Waals surface area contributed by atoms with Crippen LogP contribution in [0.15, 0.2) is 47.4 Å². The van der Waals surface area contributed by atoms with Crippen LogP contribution in [0, 0.1) is 17.7 Å². The maximum atomic E-state index is 15.1. The van der Waals surface area contributed by atoms with Crippen LogP contribution in [-0.2, 0) is 41.0 Å². The van der Waals surface area contributed by atoms with Gasteiger partial charge in [-0.15, -0.1) is 0 Å². The Morgan fingerprint density at radius 3 is 2.15 bits per heavy atom. The molecule has 5 rings (SSSR count). The second-order valence-corrected chi connectivity index (χ2v) is 14.3. The van der Waals surface area contributed by atoms with E-state index in [2.05, 4.69) is 5.32 Å². The fraction of sp³-hybridized carbons (Fsp3) is 0.533. The monoisotopic (exact) mass is 699 g/mol. The fourth-order valence-electron chi connectivity index (χ4n) is 7.37. The van der Waals surface area contributed by atoms with Gasteiger partial charge in [-0.25, -0.2) is 17.2 Å². The molecular formula is C30H29F8NO7S. The predicted octanol–water partition coefficient (Wildman–Crippen LogP) is 3.95. The molecule has 0 aromatic heterocycles. The Hall–Kier alpha value is -3.15. The number of halogens is 8. The zero-order chi connectivity index (χ0) is 34.8. The summed E-state index contributed by atoms with van der Waals surface area (Å²) < 4.78 is 142. The summed E-state index contributed by atoms with van der Waals surface area (Å²) in [6, 6.07) is 3.19. The van der Waals surface area contributed by atoms with Crippen molar-refractivity contribution in [2.24, 2.45) is 11.8 Å². The van der Waals surface area contributed by atoms with Crippen LogP contribution in [0.5, 0.6) is 0 Å². The summed E-state index contributed by atoms with van der Waals surface area (Å²) in [6.07, 6.45) is -16.0. The first kappa shape index (κ1) is 35.2. The van der Waals surface area contributed by atoms with Gasteiger partial charge in [0.1, 0.15) is 22.5 Å². The van der Waals surface area contributed by atoms with E-state index >= 15 is 4.39 Å². The highest BCUT2D eigenvalue weighted by Crippen LogP contribution is 2.61. The molecule has 3 aliphatic rings. The summed E-state index contributed by atoms with van der Waals surface area (Å²) >= 11 is 0. The number of fused-ring (bicyclic) bond motifs is 3. The highest BCUT2D eigenvalue weighted by atomic mass is 32.2. The van der Waals surface area contributed by atoms with E-state index in [9.17, 15) is 59.0 Å². The van der Waals surface area contributed by atoms with Crippen LogP contribution >= 0.6 is 0 Å². The molecule has 1 amide bonds. The van der Waals surface area contributed by atoms with E-state index in [4.69, 9.17) is 4.74 Å². The van der Waals surface area contributed by atoms with Gasteiger partial charge in [0, 0.05) is 49.5 Å². The molecule has 258 valence electrons. The van der Waals surface area contributed by atoms with Crippen molar-refractivity contribution in [2.45, 2.75) is 77.5 Å². The molecule has 0 spiro atoms. The first-order valence-electron chi connectivity index (χ1n) is 14.5. The number of carbonyl (C=O) groups is 2. The van der Waals surface area contributed by atoms with Crippen molar-refractivity contribution in [1.29, 1.82) is 0 Å². The minimum atomic E-state index is -6.45. The first-order chi connectivity index (χ1) is 21.8. The van der Waals surface area contributed by atoms with Gasteiger partial charge in [0.25, 0.3) is 5.91 Å². The van der Waals surface area contributed by atoms with Gasteiger partial charge in [-0.2, -0.15) is 26.3 Å². The van der Waals surface area contributed by atoms with Crippen molar-refractivity contribution in [1.82, 2.24) is 5.32 Å². The van der Waals surface area contributed by atoms with Gasteiger partial charge >= 0.3 is 18.0 Å². The number of nitrogens with one attached hydrogen (secondary N) is 1. The number of hydrogen-bond donors (Lipinski definition) is 3. The van der Waals surface area contributed by atoms with Gasteiger partial charge in [0.05, 0.1) is 4.90 Å². The Morgan fingerprint density at radius 2 is 1.60 bits per heavy atom. The maximum absolute atomic E-state index is 15.1. The average molecular weight is 700 g/mol. The Labute approximate surface area is 263 Å². The van der Waals surface area contributed by atoms with Crippen molar-refractivity contribution >= 4 is 22.0 Å². The molecule has 2 aromatic rings. The van der Waals surface area contributed by atoms with Crippen molar-refractivity contribution in [3.8, 4) is 0 Å². The zero-order valence-electron chi connectivity index (χ0n) is 24.2. The Kier molecular flexibility index (Phi) is 8.81. The highest BCUT2D eigenvalue weighted by molar-refractivity contribution is 7.92. The number of aldehydes is 1. The maximum Gasteiger partial charge on any atom is 0.435 e. The highest BCUT2D eigenvalue weighted by Gasteiger charge is 2.74. The molecule has 1 heterocycles. The summed E-state index contributed by atoms with van der Waals surface area (Å²) in [5.41, 5.74) is -10.3. The molecule has 3 N–H and O–H groups in total. The molecule has 1 aliphatic heterocycles. The molecule has 5 atom stereocenters. The summed E-state index contributed by atoms with van der Waals surface area (Å²) in [4.78, 5) is 25.4. The fourth-order valence-corrected chi connectivity index (χ4v) is 9.97. The molecule has 8 nitrogen and oxygen atoms in total. The molecule has 17 heteroatoms. The van der Waals surface area contributed by atoms with Crippen LogP contribution in [0.25, 0.3) is 0 Å². The number of rotatable bonds is 7. The number of benzene rings is 2. The normalized spacial score (nSPS) is 27.0. The number of carbonyl (C=O) groups excluding carboxylic acids is 2. The second-order valence-electron chi connectivity index (χ2n) is 12.1. The van der Waals surface area contributed by atoms with E-state index < -0.39 is 96.4 Å². The molecule has 1 saturated heterocycles. The van der Waals surface area contributed by atoms with E-state index in [0.717, 1.165) is 24.3 Å². The number of sulfone groups is 1. The van der Waals surface area contributed by atoms with E-state index in [1.807, 2.05) is 0 Å². The van der Waals surface area contributed by atoms with Gasteiger partial charge in [-0.1, -0.05) is 18.2 Å². The van der Waals surface area contributed by atoms with Gasteiger partial charge in [-0.05, 0) is 54.7 Å². The number of aryl methyl sites for hydroxylation is 1. The number of hydrogen-bond acceptors (Lipinski definition) is 7. The van der Waals surface area contributed by atoms with Crippen molar-refractivity contribution in [3.05, 3.63) is 65.0 Å². The van der Waals surface area contributed by atoms with Crippen LogP contribution < -0.4 is 5.32 Å². The molecule has 2 aliphatic carbocycles. The molecule has 2 fully saturated rings. The molecule has 1 saturated carbocycles. The lowest BCUT2D eigenvalue weighted by Crippen LogP contribution is -2.57. The molecule has 47 heavy (non-hydrogen) atoms. The van der Waals surface area contributed by atoms with Crippen LogP contribution in [0.3, 0.4) is 0 Å². The summed E-state index contributed by atoms with van der Waals surface area (Å²) in [7, 11) is -4.89. The third kappa shape index (κ3) is 5.33. The number of alkyl halides is 7. The van der Waals surface area contributed by atoms with Crippen LogP contribution in [0.2, 0.25) is 0 Å². The lowest BCUT2D eigenvalue weighted by Gasteiger charge is -2.44. The van der Waals surface area contributed by atoms with Gasteiger partial charge in [0.2, 0.25) is 0 Å². The molecule has 0 radical (unpaired) electrons. The lowest BCUT2D eigenvalue weighted by atomic mass is 9.71. The summed E-state index contributed by atoms with van der Waals surface area (Å²) in [5, 5.41) is 24.1. The minimum Gasteiger partial charge on any atom is -0.386 e. The van der Waals surface area contributed by atoms with Crippen molar-refractivity contribution in [2.75, 3.05) is 13.2 Å². The largest absolute Gasteiger partial charge is 0.435 e. The number of aliphatic hydroxyl groups is 2. The van der Waals surface area contributed by atoms with E-state index in [0.29, 0.717) is 6.07 Å². The SMILES string of the molecule is O=CC1C[C@@H](NC(=O)C(O)C2(O)CCOCC2)[C@@H]2CCc3cc(C(F)(C(F)(F)F)C(F)(F)F)ccc3[C@@]12S(=O)(=O)c1ccc(F)cc1. The topological polar surface area (TPSA) is 130 Å². The quantitative estimate of drug-likeness (QED) is 0.227. The minimum absolute atomic E-state index is 0.0285. The van der Waals surface area contributed by atoms with Crippen molar-refractivity contribution in [3.63, 3.8) is 0 Å². The number of amides is 1. The van der Waals surface area contributed by atoms with E-state index in [1.54, 1.807) is 0 Å². The zero-order valence-corrected chi connectivity index (χ0v) is 25.1. The third-order valence-electron chi connectivity index (χ3n) is 9.70. The standard InChI is InChI=1S/C30H29F8NO7S/c31-19-3-5-20(6-4-19)47(44,45)27-18(15-40)14-23(39-25(42)24(41)26(43)9-11-46-12-10-26)22(27)7-1-16-13-17(2-8-21(16)27)28(32,29(33,34)35)30(36,37)38/h2-6,8,13,15,18,22-24,41,43H,1,7,9-12,14H2,(H,39,42)/t18?,22-,23+,24?,27-/m0/s1. The van der Waals surface area contributed by atoms with Crippen molar-refractivity contribution < 1.29 is 68.1 Å². The van der Waals surface area contributed by atoms with Crippen LogP contribution in [0.1, 0.15) is 42.4 Å². The Balaban J connectivity index is 1.67. The number of ether oxygens (including phenoxy) is 1. The van der Waals surface area contributed by atoms with E-state index in [-0.39, 0.29) is 62.9 Å². The molecule has 2 aromatic carbocycles. The Morgan fingerprint density at radius 1 is 1.00 bits per heavy atom. The third-order valence-corrected chi connectivity index (χ3v) is 12.3. The molecular weight excluding hydrogens is 670 g/mol. The van der Waals surface area contributed by atoms with Gasteiger partial charge in [-0.3, -0.25) is 4.79 Å². The first-order valence-corrected chi connectivity index (χ1v) is 15.9. The molecule has 0 bridgehead atoms. The lowest BCUT2D eigenvalue weighted by molar-refractivity contribution is -0.348. The summed E-state index contributed by atoms with van der Waals surface area (Å²) in [5.74, 6) is -4.81. The Bertz CT molecular complexity index is 1630. The van der Waals surface area contributed by atoms with E-state index in [1.165, 1.54) is 0 Å². The predicted molar refractivity (Wildman–Crippen MR) is 146 cm³/mol. The van der Waals surface area contributed by atoms with Crippen LogP contribution in [-0.4, -0.2) is 74.1 Å². The van der Waals surface area contributed by atoms with Gasteiger partial charge < -0.3 is 25.1 Å². The van der Waals surface area contributed by atoms with Gasteiger partial charge in [0.15, 0.2) is 15.9 Å². The smallest absolute Gasteiger partial charge is 0.386 e. The number of aliphatic hydroxyl groups excluding tert-OH is 1. The molecule has 2 unspecified atom stereocenters. The summed E-state index contributed by atoms with van der Waals surface area (Å²) in [6.45, 7) is 0.0570. The second kappa shape index (κ2) is 11.8. The average Bonchev–Trinajstić information content (AvgIpc) is 3.34. The van der Waals surface area contributed by atoms with Crippen LogP contribution in [0.4, 0.5) is 35.1 Å².